The van der Waals surface area contributed by atoms with Crippen LogP contribution in [0.25, 0.3) is 0 Å². The van der Waals surface area contributed by atoms with E-state index in [1.807, 2.05) is 4.90 Å². The van der Waals surface area contributed by atoms with Crippen molar-refractivity contribution in [3.8, 4) is 0 Å². The van der Waals surface area contributed by atoms with E-state index >= 15 is 0 Å². The zero-order valence-electron chi connectivity index (χ0n) is 12.4. The van der Waals surface area contributed by atoms with Crippen molar-refractivity contribution in [2.24, 2.45) is 0 Å². The number of ether oxygens (including phenoxy) is 1. The Morgan fingerprint density at radius 3 is 2.25 bits per heavy atom. The first-order chi connectivity index (χ1) is 9.52. The summed E-state index contributed by atoms with van der Waals surface area (Å²) >= 11 is 0. The summed E-state index contributed by atoms with van der Waals surface area (Å²) in [6, 6.07) is 0. The first-order valence-corrected chi connectivity index (χ1v) is 7.03. The van der Waals surface area contributed by atoms with Gasteiger partial charge in [0.05, 0.1) is 6.54 Å². The van der Waals surface area contributed by atoms with E-state index in [0.717, 1.165) is 13.1 Å². The Morgan fingerprint density at radius 2 is 1.70 bits per heavy atom. The zero-order valence-corrected chi connectivity index (χ0v) is 12.4. The number of ketones is 2. The minimum Gasteiger partial charge on any atom is -0.377 e. The fourth-order valence-electron chi connectivity index (χ4n) is 2.30. The van der Waals surface area contributed by atoms with Crippen molar-refractivity contribution in [1.82, 2.24) is 9.80 Å². The first kappa shape index (κ1) is 16.8. The summed E-state index contributed by atoms with van der Waals surface area (Å²) in [5, 5.41) is 0. The lowest BCUT2D eigenvalue weighted by Gasteiger charge is -2.34. The highest BCUT2D eigenvalue weighted by atomic mass is 16.5. The maximum absolute atomic E-state index is 12.0. The molecule has 1 rings (SSSR count). The molecular weight excluding hydrogens is 260 g/mol. The van der Waals surface area contributed by atoms with Gasteiger partial charge in [0.2, 0.25) is 5.91 Å². The van der Waals surface area contributed by atoms with Gasteiger partial charge >= 0.3 is 0 Å². The van der Waals surface area contributed by atoms with Gasteiger partial charge in [0.25, 0.3) is 0 Å². The van der Waals surface area contributed by atoms with Crippen molar-refractivity contribution >= 4 is 17.5 Å². The number of amides is 1. The zero-order chi connectivity index (χ0) is 15.0. The van der Waals surface area contributed by atoms with Gasteiger partial charge in [0.15, 0.2) is 5.78 Å². The third kappa shape index (κ3) is 6.25. The smallest absolute Gasteiger partial charge is 0.222 e. The van der Waals surface area contributed by atoms with E-state index in [-0.39, 0.29) is 24.1 Å². The van der Waals surface area contributed by atoms with Crippen LogP contribution in [0.3, 0.4) is 0 Å². The van der Waals surface area contributed by atoms with Crippen LogP contribution in [0.1, 0.15) is 26.2 Å². The Labute approximate surface area is 120 Å². The van der Waals surface area contributed by atoms with Gasteiger partial charge in [-0.2, -0.15) is 0 Å². The van der Waals surface area contributed by atoms with Crippen molar-refractivity contribution in [3.63, 3.8) is 0 Å². The van der Waals surface area contributed by atoms with E-state index in [0.29, 0.717) is 38.9 Å². The van der Waals surface area contributed by atoms with Crippen LogP contribution in [-0.4, -0.2) is 73.7 Å². The van der Waals surface area contributed by atoms with Gasteiger partial charge in [-0.25, -0.2) is 0 Å². The number of piperazine rings is 1. The van der Waals surface area contributed by atoms with Gasteiger partial charge in [-0.05, 0) is 13.3 Å². The van der Waals surface area contributed by atoms with Gasteiger partial charge in [0, 0.05) is 46.1 Å². The Morgan fingerprint density at radius 1 is 1.05 bits per heavy atom. The Balaban J connectivity index is 2.19. The molecule has 6 heteroatoms. The molecule has 1 saturated heterocycles. The van der Waals surface area contributed by atoms with Crippen molar-refractivity contribution < 1.29 is 19.1 Å². The predicted octanol–water partition coefficient (Wildman–Crippen LogP) is 0.105. The van der Waals surface area contributed by atoms with E-state index in [2.05, 4.69) is 4.90 Å². The van der Waals surface area contributed by atoms with Gasteiger partial charge in [0.1, 0.15) is 12.4 Å². The fourth-order valence-corrected chi connectivity index (χ4v) is 2.30. The monoisotopic (exact) mass is 284 g/mol. The van der Waals surface area contributed by atoms with E-state index in [9.17, 15) is 14.4 Å². The lowest BCUT2D eigenvalue weighted by molar-refractivity contribution is -0.133. The maximum Gasteiger partial charge on any atom is 0.222 e. The molecule has 0 aliphatic carbocycles. The summed E-state index contributed by atoms with van der Waals surface area (Å²) in [5.74, 6) is 0.283. The van der Waals surface area contributed by atoms with Crippen molar-refractivity contribution in [2.75, 3.05) is 46.4 Å². The molecule has 1 fully saturated rings. The SMILES string of the molecule is COCC(=O)CCCC(=O)N1CCN(CC(C)=O)CC1. The molecule has 20 heavy (non-hydrogen) atoms. The maximum atomic E-state index is 12.0. The Bertz CT molecular complexity index is 349. The van der Waals surface area contributed by atoms with Gasteiger partial charge in [-0.15, -0.1) is 0 Å². The highest BCUT2D eigenvalue weighted by Gasteiger charge is 2.21. The average Bonchev–Trinajstić information content (AvgIpc) is 2.39. The minimum atomic E-state index is 0.0339. The highest BCUT2D eigenvalue weighted by Crippen LogP contribution is 2.06. The lowest BCUT2D eigenvalue weighted by Crippen LogP contribution is -2.49. The molecule has 0 unspecified atom stereocenters. The average molecular weight is 284 g/mol. The largest absolute Gasteiger partial charge is 0.377 e. The van der Waals surface area contributed by atoms with Crippen LogP contribution in [-0.2, 0) is 19.1 Å². The summed E-state index contributed by atoms with van der Waals surface area (Å²) in [4.78, 5) is 38.1. The van der Waals surface area contributed by atoms with Crippen LogP contribution in [0.15, 0.2) is 0 Å². The third-order valence-electron chi connectivity index (χ3n) is 3.32. The summed E-state index contributed by atoms with van der Waals surface area (Å²) in [7, 11) is 1.49. The number of hydrogen-bond donors (Lipinski definition) is 0. The molecule has 0 N–H and O–H groups in total. The van der Waals surface area contributed by atoms with Crippen LogP contribution < -0.4 is 0 Å². The van der Waals surface area contributed by atoms with Crippen LogP contribution in [0.4, 0.5) is 0 Å². The van der Waals surface area contributed by atoms with Crippen molar-refractivity contribution in [2.45, 2.75) is 26.2 Å². The molecule has 1 aliphatic rings. The van der Waals surface area contributed by atoms with Crippen LogP contribution >= 0.6 is 0 Å². The van der Waals surface area contributed by atoms with Crippen LogP contribution in [0.2, 0.25) is 0 Å². The standard InChI is InChI=1S/C14H24N2O4/c1-12(17)10-15-6-8-16(9-7-15)14(19)5-3-4-13(18)11-20-2/h3-11H2,1-2H3. The van der Waals surface area contributed by atoms with Crippen LogP contribution in [0, 0.1) is 0 Å². The number of rotatable bonds is 8. The minimum absolute atomic E-state index is 0.0339. The predicted molar refractivity (Wildman–Crippen MR) is 74.4 cm³/mol. The summed E-state index contributed by atoms with van der Waals surface area (Å²) in [5.41, 5.74) is 0. The lowest BCUT2D eigenvalue weighted by atomic mass is 10.1. The van der Waals surface area contributed by atoms with Gasteiger partial charge in [-0.3, -0.25) is 19.3 Å². The van der Waals surface area contributed by atoms with E-state index in [1.165, 1.54) is 7.11 Å². The Kier molecular flexibility index (Phi) is 7.40. The summed E-state index contributed by atoms with van der Waals surface area (Å²) < 4.78 is 4.74. The van der Waals surface area contributed by atoms with Crippen molar-refractivity contribution in [1.29, 1.82) is 0 Å². The number of Topliss-reactive ketones (excluding diaryl/α,β-unsaturated/α-hetero) is 2. The molecule has 0 atom stereocenters. The molecule has 0 bridgehead atoms. The number of carbonyl (C=O) groups excluding carboxylic acids is 3. The number of hydrogen-bond acceptors (Lipinski definition) is 5. The highest BCUT2D eigenvalue weighted by molar-refractivity contribution is 5.81. The number of carbonyl (C=O) groups is 3. The van der Waals surface area contributed by atoms with E-state index in [4.69, 9.17) is 4.74 Å². The Hall–Kier alpha value is -1.27. The quantitative estimate of drug-likeness (QED) is 0.632. The summed E-state index contributed by atoms with van der Waals surface area (Å²) in [6.07, 6.45) is 1.38. The molecule has 0 spiro atoms. The molecule has 114 valence electrons. The number of nitrogens with zero attached hydrogens (tertiary/aromatic N) is 2. The molecule has 1 heterocycles. The second-order valence-electron chi connectivity index (χ2n) is 5.18. The molecule has 0 aromatic heterocycles. The van der Waals surface area contributed by atoms with Crippen LogP contribution in [0.5, 0.6) is 0 Å². The second-order valence-corrected chi connectivity index (χ2v) is 5.18. The van der Waals surface area contributed by atoms with E-state index in [1.54, 1.807) is 6.92 Å². The molecule has 1 amide bonds. The topological polar surface area (TPSA) is 66.9 Å². The van der Waals surface area contributed by atoms with Gasteiger partial charge in [-0.1, -0.05) is 0 Å². The molecular formula is C14H24N2O4. The molecule has 0 aromatic carbocycles. The molecule has 0 radical (unpaired) electrons. The normalized spacial score (nSPS) is 16.2. The first-order valence-electron chi connectivity index (χ1n) is 7.03. The van der Waals surface area contributed by atoms with Gasteiger partial charge < -0.3 is 9.64 Å². The van der Waals surface area contributed by atoms with Crippen molar-refractivity contribution in [3.05, 3.63) is 0 Å². The molecule has 0 aromatic rings. The number of methoxy groups -OCH3 is 1. The molecule has 6 nitrogen and oxygen atoms in total. The second kappa shape index (κ2) is 8.81. The van der Waals surface area contributed by atoms with E-state index < -0.39 is 0 Å². The molecule has 1 aliphatic heterocycles. The molecule has 0 saturated carbocycles. The third-order valence-corrected chi connectivity index (χ3v) is 3.32. The fraction of sp³-hybridized carbons (Fsp3) is 0.786. The summed E-state index contributed by atoms with van der Waals surface area (Å²) in [6.45, 7) is 4.98.